The van der Waals surface area contributed by atoms with Crippen molar-refractivity contribution in [2.24, 2.45) is 5.92 Å². The average molecular weight is 251 g/mol. The van der Waals surface area contributed by atoms with Gasteiger partial charge in [0.1, 0.15) is 0 Å². The highest BCUT2D eigenvalue weighted by molar-refractivity contribution is 9.09. The van der Waals surface area contributed by atoms with Crippen molar-refractivity contribution < 1.29 is 0 Å². The highest BCUT2D eigenvalue weighted by Crippen LogP contribution is 2.30. The maximum atomic E-state index is 3.76. The number of hydrogen-bond acceptors (Lipinski definition) is 1. The molecule has 1 aliphatic rings. The summed E-state index contributed by atoms with van der Waals surface area (Å²) in [5.41, 5.74) is 0. The van der Waals surface area contributed by atoms with Crippen LogP contribution >= 0.6 is 27.7 Å². The number of halogens is 1. The third-order valence-corrected chi connectivity index (χ3v) is 4.17. The molecule has 0 nitrogen and oxygen atoms in total. The predicted molar refractivity (Wildman–Crippen MR) is 62.3 cm³/mol. The van der Waals surface area contributed by atoms with Crippen molar-refractivity contribution in [1.29, 1.82) is 0 Å². The summed E-state index contributed by atoms with van der Waals surface area (Å²) >= 11 is 5.75. The van der Waals surface area contributed by atoms with Gasteiger partial charge in [-0.1, -0.05) is 35.2 Å². The molecule has 2 unspecified atom stereocenters. The first-order valence-electron chi connectivity index (χ1n) is 4.96. The fourth-order valence-corrected chi connectivity index (χ4v) is 3.36. The van der Waals surface area contributed by atoms with Crippen molar-refractivity contribution in [3.8, 4) is 0 Å². The van der Waals surface area contributed by atoms with Gasteiger partial charge in [0.05, 0.1) is 0 Å². The first-order valence-corrected chi connectivity index (χ1v) is 7.27. The summed E-state index contributed by atoms with van der Waals surface area (Å²) in [7, 11) is 0. The van der Waals surface area contributed by atoms with Gasteiger partial charge in [0.2, 0.25) is 0 Å². The SMILES string of the molecule is CSCCC1CCCCC(Br)C1. The van der Waals surface area contributed by atoms with Gasteiger partial charge in [0.15, 0.2) is 0 Å². The standard InChI is InChI=1S/C10H19BrS/c1-12-7-6-9-4-2-3-5-10(11)8-9/h9-10H,2-8H2,1H3. The van der Waals surface area contributed by atoms with Crippen molar-refractivity contribution in [3.05, 3.63) is 0 Å². The zero-order valence-electron chi connectivity index (χ0n) is 7.89. The van der Waals surface area contributed by atoms with E-state index in [0.717, 1.165) is 10.7 Å². The molecule has 1 rings (SSSR count). The minimum atomic E-state index is 0.812. The summed E-state index contributed by atoms with van der Waals surface area (Å²) in [5, 5.41) is 0. The van der Waals surface area contributed by atoms with E-state index in [2.05, 4.69) is 22.2 Å². The lowest BCUT2D eigenvalue weighted by Crippen LogP contribution is -2.06. The fourth-order valence-electron chi connectivity index (χ4n) is 1.94. The summed E-state index contributed by atoms with van der Waals surface area (Å²) in [6, 6.07) is 0. The zero-order chi connectivity index (χ0) is 8.81. The molecular formula is C10H19BrS. The van der Waals surface area contributed by atoms with Crippen LogP contribution in [-0.2, 0) is 0 Å². The van der Waals surface area contributed by atoms with Gasteiger partial charge in [-0.2, -0.15) is 11.8 Å². The first kappa shape index (κ1) is 10.9. The molecule has 1 aliphatic carbocycles. The smallest absolute Gasteiger partial charge is 0.0148 e. The summed E-state index contributed by atoms with van der Waals surface area (Å²) in [5.74, 6) is 2.36. The average Bonchev–Trinajstić information content (AvgIpc) is 2.26. The van der Waals surface area contributed by atoms with E-state index < -0.39 is 0 Å². The minimum absolute atomic E-state index is 0.812. The summed E-state index contributed by atoms with van der Waals surface area (Å²) < 4.78 is 0. The van der Waals surface area contributed by atoms with Crippen molar-refractivity contribution in [2.45, 2.75) is 43.4 Å². The van der Waals surface area contributed by atoms with Gasteiger partial charge in [-0.3, -0.25) is 0 Å². The van der Waals surface area contributed by atoms with Crippen LogP contribution in [0.15, 0.2) is 0 Å². The van der Waals surface area contributed by atoms with Crippen LogP contribution in [0.4, 0.5) is 0 Å². The summed E-state index contributed by atoms with van der Waals surface area (Å²) in [6.07, 6.45) is 10.8. The molecule has 0 aromatic rings. The Balaban J connectivity index is 2.21. The number of alkyl halides is 1. The van der Waals surface area contributed by atoms with E-state index in [1.807, 2.05) is 11.8 Å². The van der Waals surface area contributed by atoms with Crippen molar-refractivity contribution in [3.63, 3.8) is 0 Å². The highest BCUT2D eigenvalue weighted by Gasteiger charge is 2.17. The van der Waals surface area contributed by atoms with E-state index in [1.54, 1.807) is 0 Å². The maximum Gasteiger partial charge on any atom is 0.0148 e. The molecular weight excluding hydrogens is 232 g/mol. The topological polar surface area (TPSA) is 0 Å². The van der Waals surface area contributed by atoms with E-state index in [1.165, 1.54) is 44.3 Å². The van der Waals surface area contributed by atoms with Crippen LogP contribution in [-0.4, -0.2) is 16.8 Å². The normalized spacial score (nSPS) is 31.5. The van der Waals surface area contributed by atoms with Crippen molar-refractivity contribution in [1.82, 2.24) is 0 Å². The lowest BCUT2D eigenvalue weighted by molar-refractivity contribution is 0.455. The zero-order valence-corrected chi connectivity index (χ0v) is 10.3. The molecule has 0 aliphatic heterocycles. The largest absolute Gasteiger partial charge is 0.165 e. The fraction of sp³-hybridized carbons (Fsp3) is 1.00. The minimum Gasteiger partial charge on any atom is -0.165 e. The van der Waals surface area contributed by atoms with Crippen LogP contribution in [0.3, 0.4) is 0 Å². The molecule has 0 bridgehead atoms. The van der Waals surface area contributed by atoms with E-state index in [0.29, 0.717) is 0 Å². The lowest BCUT2D eigenvalue weighted by atomic mass is 9.98. The Morgan fingerprint density at radius 1 is 1.33 bits per heavy atom. The lowest BCUT2D eigenvalue weighted by Gasteiger charge is -2.14. The molecule has 0 N–H and O–H groups in total. The molecule has 0 spiro atoms. The van der Waals surface area contributed by atoms with Gasteiger partial charge in [-0.15, -0.1) is 0 Å². The molecule has 0 amide bonds. The monoisotopic (exact) mass is 250 g/mol. The Labute approximate surface area is 89.0 Å². The second-order valence-corrected chi connectivity index (χ2v) is 6.05. The second-order valence-electron chi connectivity index (χ2n) is 3.76. The molecule has 72 valence electrons. The molecule has 0 aromatic carbocycles. The Hall–Kier alpha value is 0.830. The predicted octanol–water partition coefficient (Wildman–Crippen LogP) is 4.08. The molecule has 1 fully saturated rings. The number of hydrogen-bond donors (Lipinski definition) is 0. The van der Waals surface area contributed by atoms with Crippen LogP contribution in [0.1, 0.15) is 38.5 Å². The van der Waals surface area contributed by atoms with Crippen LogP contribution in [0.25, 0.3) is 0 Å². The van der Waals surface area contributed by atoms with Crippen molar-refractivity contribution in [2.75, 3.05) is 12.0 Å². The van der Waals surface area contributed by atoms with E-state index in [4.69, 9.17) is 0 Å². The van der Waals surface area contributed by atoms with Gasteiger partial charge in [-0.25, -0.2) is 0 Å². The Kier molecular flexibility index (Phi) is 5.73. The third kappa shape index (κ3) is 4.18. The molecule has 12 heavy (non-hydrogen) atoms. The Morgan fingerprint density at radius 2 is 2.08 bits per heavy atom. The van der Waals surface area contributed by atoms with E-state index in [9.17, 15) is 0 Å². The molecule has 2 atom stereocenters. The Bertz CT molecular complexity index is 116. The van der Waals surface area contributed by atoms with Crippen LogP contribution < -0.4 is 0 Å². The molecule has 2 heteroatoms. The first-order chi connectivity index (χ1) is 5.83. The molecule has 0 aromatic heterocycles. The van der Waals surface area contributed by atoms with Crippen LogP contribution in [0.2, 0.25) is 0 Å². The van der Waals surface area contributed by atoms with E-state index in [-0.39, 0.29) is 0 Å². The molecule has 0 heterocycles. The number of rotatable bonds is 3. The number of thioether (sulfide) groups is 1. The van der Waals surface area contributed by atoms with E-state index >= 15 is 0 Å². The van der Waals surface area contributed by atoms with Gasteiger partial charge in [0, 0.05) is 4.83 Å². The van der Waals surface area contributed by atoms with Gasteiger partial charge in [0.25, 0.3) is 0 Å². The van der Waals surface area contributed by atoms with Crippen molar-refractivity contribution >= 4 is 27.7 Å². The molecule has 0 radical (unpaired) electrons. The second kappa shape index (κ2) is 6.31. The van der Waals surface area contributed by atoms with Gasteiger partial charge >= 0.3 is 0 Å². The van der Waals surface area contributed by atoms with Gasteiger partial charge < -0.3 is 0 Å². The Morgan fingerprint density at radius 3 is 2.83 bits per heavy atom. The van der Waals surface area contributed by atoms with Crippen LogP contribution in [0.5, 0.6) is 0 Å². The maximum absolute atomic E-state index is 3.76. The quantitative estimate of drug-likeness (QED) is 0.538. The van der Waals surface area contributed by atoms with Gasteiger partial charge in [-0.05, 0) is 37.2 Å². The molecule has 1 saturated carbocycles. The summed E-state index contributed by atoms with van der Waals surface area (Å²) in [4.78, 5) is 0.812. The summed E-state index contributed by atoms with van der Waals surface area (Å²) in [6.45, 7) is 0. The highest BCUT2D eigenvalue weighted by atomic mass is 79.9. The third-order valence-electron chi connectivity index (χ3n) is 2.70. The molecule has 0 saturated heterocycles. The van der Waals surface area contributed by atoms with Crippen LogP contribution in [0, 0.1) is 5.92 Å².